The topological polar surface area (TPSA) is 35.2 Å². The van der Waals surface area contributed by atoms with Crippen LogP contribution in [0.4, 0.5) is 0 Å². The van der Waals surface area contributed by atoms with Gasteiger partial charge >= 0.3 is 0 Å². The largest absolute Gasteiger partial charge is 0.381 e. The van der Waals surface area contributed by atoms with E-state index >= 15 is 0 Å². The van der Waals surface area contributed by atoms with Crippen LogP contribution in [0.3, 0.4) is 0 Å². The summed E-state index contributed by atoms with van der Waals surface area (Å²) in [5, 5.41) is 0. The van der Waals surface area contributed by atoms with Crippen LogP contribution in [0.5, 0.6) is 0 Å². The second kappa shape index (κ2) is 5.27. The van der Waals surface area contributed by atoms with Gasteiger partial charge in [0, 0.05) is 18.8 Å². The maximum atomic E-state index is 6.67. The van der Waals surface area contributed by atoms with Crippen molar-refractivity contribution < 1.29 is 4.74 Å². The van der Waals surface area contributed by atoms with Gasteiger partial charge in [0.05, 0.1) is 0 Å². The van der Waals surface area contributed by atoms with Gasteiger partial charge in [0.2, 0.25) is 0 Å². The van der Waals surface area contributed by atoms with E-state index in [9.17, 15) is 0 Å². The van der Waals surface area contributed by atoms with E-state index in [4.69, 9.17) is 10.5 Å². The lowest BCUT2D eigenvalue weighted by atomic mass is 9.78. The third kappa shape index (κ3) is 3.96. The average molecular weight is 239 g/mol. The highest BCUT2D eigenvalue weighted by atomic mass is 16.5. The highest BCUT2D eigenvalue weighted by Gasteiger charge is 2.34. The molecule has 0 aromatic carbocycles. The van der Waals surface area contributed by atoms with Crippen LogP contribution in [-0.4, -0.2) is 18.8 Å². The van der Waals surface area contributed by atoms with Gasteiger partial charge in [-0.3, -0.25) is 0 Å². The smallest absolute Gasteiger partial charge is 0.0468 e. The van der Waals surface area contributed by atoms with Gasteiger partial charge in [-0.1, -0.05) is 20.3 Å². The van der Waals surface area contributed by atoms with Crippen LogP contribution in [0.2, 0.25) is 0 Å². The highest BCUT2D eigenvalue weighted by Crippen LogP contribution is 2.40. The molecule has 0 spiro atoms. The molecule has 2 nitrogen and oxygen atoms in total. The van der Waals surface area contributed by atoms with Gasteiger partial charge in [0.25, 0.3) is 0 Å². The molecule has 0 bridgehead atoms. The van der Waals surface area contributed by atoms with Crippen molar-refractivity contribution in [1.29, 1.82) is 0 Å². The second-order valence-corrected chi connectivity index (χ2v) is 7.14. The van der Waals surface area contributed by atoms with Crippen LogP contribution in [0.15, 0.2) is 0 Å². The number of nitrogens with two attached hydrogens (primary N) is 1. The number of hydrogen-bond acceptors (Lipinski definition) is 2. The van der Waals surface area contributed by atoms with Crippen molar-refractivity contribution in [2.75, 3.05) is 13.2 Å². The Balaban J connectivity index is 1.89. The van der Waals surface area contributed by atoms with E-state index in [0.29, 0.717) is 5.41 Å². The lowest BCUT2D eigenvalue weighted by Gasteiger charge is -2.34. The molecule has 1 saturated heterocycles. The summed E-state index contributed by atoms with van der Waals surface area (Å²) in [5.41, 5.74) is 7.30. The number of ether oxygens (including phenoxy) is 1. The Kier molecular flexibility index (Phi) is 4.14. The minimum absolute atomic E-state index is 0.121. The average Bonchev–Trinajstić information content (AvgIpc) is 2.40. The van der Waals surface area contributed by atoms with Crippen molar-refractivity contribution in [3.63, 3.8) is 0 Å². The molecule has 1 atom stereocenters. The first-order valence-corrected chi connectivity index (χ1v) is 7.36. The Hall–Kier alpha value is -0.0800. The monoisotopic (exact) mass is 239 g/mol. The normalized spacial score (nSPS) is 35.5. The molecule has 17 heavy (non-hydrogen) atoms. The van der Waals surface area contributed by atoms with E-state index in [0.717, 1.165) is 19.1 Å². The molecule has 1 heterocycles. The fourth-order valence-electron chi connectivity index (χ4n) is 3.49. The van der Waals surface area contributed by atoms with Crippen LogP contribution < -0.4 is 5.73 Å². The van der Waals surface area contributed by atoms with Gasteiger partial charge in [-0.25, -0.2) is 0 Å². The molecule has 2 rings (SSSR count). The van der Waals surface area contributed by atoms with E-state index in [-0.39, 0.29) is 5.54 Å². The zero-order valence-corrected chi connectivity index (χ0v) is 11.6. The van der Waals surface area contributed by atoms with E-state index in [1.54, 1.807) is 0 Å². The summed E-state index contributed by atoms with van der Waals surface area (Å²) in [7, 11) is 0. The van der Waals surface area contributed by atoms with Crippen molar-refractivity contribution in [2.45, 2.75) is 70.8 Å². The van der Waals surface area contributed by atoms with Crippen LogP contribution in [0, 0.1) is 11.3 Å². The molecule has 100 valence electrons. The van der Waals surface area contributed by atoms with Crippen LogP contribution in [0.25, 0.3) is 0 Å². The number of hydrogen-bond donors (Lipinski definition) is 1. The van der Waals surface area contributed by atoms with Crippen molar-refractivity contribution in [3.8, 4) is 0 Å². The first-order chi connectivity index (χ1) is 7.99. The molecule has 0 aromatic heterocycles. The summed E-state index contributed by atoms with van der Waals surface area (Å²) in [6.45, 7) is 6.69. The van der Waals surface area contributed by atoms with Gasteiger partial charge in [0.1, 0.15) is 0 Å². The van der Waals surface area contributed by atoms with E-state index in [2.05, 4.69) is 13.8 Å². The minimum atomic E-state index is 0.121. The standard InChI is InChI=1S/C15H29NO/c1-14(2)6-3-7-15(16,9-8-14)12-13-4-10-17-11-5-13/h13H,3-12,16H2,1-2H3. The predicted octanol–water partition coefficient (Wildman–Crippen LogP) is 3.49. The molecule has 2 N–H and O–H groups in total. The summed E-state index contributed by atoms with van der Waals surface area (Å²) in [4.78, 5) is 0. The quantitative estimate of drug-likeness (QED) is 0.749. The highest BCUT2D eigenvalue weighted by molar-refractivity contribution is 4.92. The van der Waals surface area contributed by atoms with Crippen molar-refractivity contribution in [3.05, 3.63) is 0 Å². The Labute approximate surface area is 106 Å². The maximum Gasteiger partial charge on any atom is 0.0468 e. The van der Waals surface area contributed by atoms with Gasteiger partial charge in [-0.05, 0) is 56.3 Å². The molecule has 2 aliphatic rings. The maximum absolute atomic E-state index is 6.67. The third-order valence-corrected chi connectivity index (χ3v) is 4.86. The molecule has 1 unspecified atom stereocenters. The lowest BCUT2D eigenvalue weighted by Crippen LogP contribution is -2.42. The van der Waals surface area contributed by atoms with Gasteiger partial charge in [0.15, 0.2) is 0 Å². The van der Waals surface area contributed by atoms with Gasteiger partial charge in [-0.15, -0.1) is 0 Å². The molecule has 2 heteroatoms. The Morgan fingerprint density at radius 3 is 2.47 bits per heavy atom. The van der Waals surface area contributed by atoms with Gasteiger partial charge < -0.3 is 10.5 Å². The van der Waals surface area contributed by atoms with Crippen LogP contribution in [0.1, 0.15) is 65.2 Å². The fourth-order valence-corrected chi connectivity index (χ4v) is 3.49. The van der Waals surface area contributed by atoms with Crippen molar-refractivity contribution >= 4 is 0 Å². The van der Waals surface area contributed by atoms with E-state index in [1.807, 2.05) is 0 Å². The van der Waals surface area contributed by atoms with Crippen LogP contribution in [-0.2, 0) is 4.74 Å². The first-order valence-electron chi connectivity index (χ1n) is 7.36. The summed E-state index contributed by atoms with van der Waals surface area (Å²) in [6, 6.07) is 0. The second-order valence-electron chi connectivity index (χ2n) is 7.14. The molecule has 1 saturated carbocycles. The van der Waals surface area contributed by atoms with Crippen molar-refractivity contribution in [1.82, 2.24) is 0 Å². The summed E-state index contributed by atoms with van der Waals surface area (Å²) in [5.74, 6) is 0.815. The Morgan fingerprint density at radius 2 is 1.76 bits per heavy atom. The number of rotatable bonds is 2. The molecular formula is C15H29NO. The SMILES string of the molecule is CC1(C)CCCC(N)(CC2CCOCC2)CC1. The Bertz CT molecular complexity index is 245. The minimum Gasteiger partial charge on any atom is -0.381 e. The molecule has 0 radical (unpaired) electrons. The van der Waals surface area contributed by atoms with E-state index < -0.39 is 0 Å². The zero-order valence-electron chi connectivity index (χ0n) is 11.6. The molecular weight excluding hydrogens is 210 g/mol. The molecule has 0 amide bonds. The Morgan fingerprint density at radius 1 is 1.06 bits per heavy atom. The molecule has 0 aromatic rings. The zero-order chi connectivity index (χ0) is 12.4. The molecule has 2 fully saturated rings. The van der Waals surface area contributed by atoms with Crippen molar-refractivity contribution in [2.24, 2.45) is 17.1 Å². The first kappa shape index (κ1) is 13.4. The summed E-state index contributed by atoms with van der Waals surface area (Å²) >= 11 is 0. The van der Waals surface area contributed by atoms with E-state index in [1.165, 1.54) is 51.4 Å². The van der Waals surface area contributed by atoms with Gasteiger partial charge in [-0.2, -0.15) is 0 Å². The predicted molar refractivity (Wildman–Crippen MR) is 71.9 cm³/mol. The molecule has 1 aliphatic carbocycles. The summed E-state index contributed by atoms with van der Waals surface area (Å²) < 4.78 is 5.44. The summed E-state index contributed by atoms with van der Waals surface area (Å²) in [6.07, 6.45) is 10.1. The fraction of sp³-hybridized carbons (Fsp3) is 1.00. The molecule has 1 aliphatic heterocycles. The van der Waals surface area contributed by atoms with Crippen LogP contribution >= 0.6 is 0 Å². The third-order valence-electron chi connectivity index (χ3n) is 4.86. The lowest BCUT2D eigenvalue weighted by molar-refractivity contribution is 0.0545.